The van der Waals surface area contributed by atoms with Crippen LogP contribution < -0.4 is 5.32 Å². The van der Waals surface area contributed by atoms with Gasteiger partial charge >= 0.3 is 0 Å². The molecule has 0 aliphatic rings. The van der Waals surface area contributed by atoms with Gasteiger partial charge in [0.15, 0.2) is 0 Å². The average molecular weight is 288 g/mol. The molecule has 0 aliphatic carbocycles. The Balaban J connectivity index is 2.33. The van der Waals surface area contributed by atoms with Gasteiger partial charge in [0.05, 0.1) is 16.1 Å². The van der Waals surface area contributed by atoms with Crippen molar-refractivity contribution in [3.8, 4) is 0 Å². The minimum absolute atomic E-state index is 0.0770. The number of hydrogen-bond donors (Lipinski definition) is 1. The van der Waals surface area contributed by atoms with Crippen molar-refractivity contribution >= 4 is 16.6 Å². The van der Waals surface area contributed by atoms with Crippen molar-refractivity contribution in [2.45, 2.75) is 39.2 Å². The summed E-state index contributed by atoms with van der Waals surface area (Å²) in [5, 5.41) is 15.2. The number of nitro groups is 1. The van der Waals surface area contributed by atoms with E-state index >= 15 is 0 Å². The lowest BCUT2D eigenvalue weighted by Gasteiger charge is -2.16. The lowest BCUT2D eigenvalue weighted by atomic mass is 10.0. The van der Waals surface area contributed by atoms with E-state index in [1.54, 1.807) is 12.1 Å². The Bertz CT molecular complexity index is 630. The van der Waals surface area contributed by atoms with E-state index < -0.39 is 0 Å². The Morgan fingerprint density at radius 2 is 2.14 bits per heavy atom. The van der Waals surface area contributed by atoms with Crippen molar-refractivity contribution in [1.82, 2.24) is 15.3 Å². The van der Waals surface area contributed by atoms with Crippen LogP contribution in [0, 0.1) is 10.1 Å². The summed E-state index contributed by atoms with van der Waals surface area (Å²) in [4.78, 5) is 19.1. The van der Waals surface area contributed by atoms with Gasteiger partial charge in [-0.05, 0) is 25.5 Å². The Kier molecular flexibility index (Phi) is 5.16. The minimum atomic E-state index is -0.386. The van der Waals surface area contributed by atoms with Gasteiger partial charge in [0.25, 0.3) is 5.69 Å². The lowest BCUT2D eigenvalue weighted by Crippen LogP contribution is -2.31. The summed E-state index contributed by atoms with van der Waals surface area (Å²) in [5.41, 5.74) is 1.68. The van der Waals surface area contributed by atoms with Gasteiger partial charge in [-0.15, -0.1) is 0 Å². The Hall–Kier alpha value is -2.08. The number of rotatable bonds is 7. The van der Waals surface area contributed by atoms with E-state index in [0.29, 0.717) is 6.04 Å². The molecule has 1 aromatic heterocycles. The fraction of sp³-hybridized carbons (Fsp3) is 0.467. The van der Waals surface area contributed by atoms with Crippen LogP contribution in [0.5, 0.6) is 0 Å². The van der Waals surface area contributed by atoms with Crippen molar-refractivity contribution in [2.75, 3.05) is 6.54 Å². The molecule has 1 N–H and O–H groups in total. The van der Waals surface area contributed by atoms with Crippen molar-refractivity contribution in [3.05, 3.63) is 40.3 Å². The zero-order valence-corrected chi connectivity index (χ0v) is 12.4. The molecule has 1 heterocycles. The number of non-ortho nitro benzene ring substituents is 1. The summed E-state index contributed by atoms with van der Waals surface area (Å²) in [6.07, 6.45) is 4.33. The number of nitro benzene ring substituents is 1. The SMILES string of the molecule is CCCNC(CC)Cc1ncnc2ccc([N+](=O)[O-])cc12. The molecule has 112 valence electrons. The maximum absolute atomic E-state index is 10.9. The number of fused-ring (bicyclic) bond motifs is 1. The molecule has 1 aromatic carbocycles. The average Bonchev–Trinajstić information content (AvgIpc) is 2.50. The largest absolute Gasteiger partial charge is 0.314 e. The second kappa shape index (κ2) is 7.08. The maximum atomic E-state index is 10.9. The molecule has 6 nitrogen and oxygen atoms in total. The van der Waals surface area contributed by atoms with Crippen LogP contribution in [0.15, 0.2) is 24.5 Å². The van der Waals surface area contributed by atoms with Crippen molar-refractivity contribution in [1.29, 1.82) is 0 Å². The summed E-state index contributed by atoms with van der Waals surface area (Å²) in [7, 11) is 0. The van der Waals surface area contributed by atoms with Crippen molar-refractivity contribution in [2.24, 2.45) is 0 Å². The van der Waals surface area contributed by atoms with E-state index in [9.17, 15) is 10.1 Å². The summed E-state index contributed by atoms with van der Waals surface area (Å²) < 4.78 is 0. The molecule has 0 spiro atoms. The van der Waals surface area contributed by atoms with Gasteiger partial charge in [-0.3, -0.25) is 10.1 Å². The van der Waals surface area contributed by atoms with Crippen LogP contribution in [0.1, 0.15) is 32.4 Å². The topological polar surface area (TPSA) is 81.0 Å². The minimum Gasteiger partial charge on any atom is -0.314 e. The molecule has 0 radical (unpaired) electrons. The maximum Gasteiger partial charge on any atom is 0.270 e. The first kappa shape index (κ1) is 15.3. The smallest absolute Gasteiger partial charge is 0.270 e. The molecule has 0 amide bonds. The third kappa shape index (κ3) is 3.72. The first-order chi connectivity index (χ1) is 10.2. The van der Waals surface area contributed by atoms with Crippen molar-refractivity contribution in [3.63, 3.8) is 0 Å². The molecule has 2 aromatic rings. The summed E-state index contributed by atoms with van der Waals surface area (Å²) in [6, 6.07) is 5.05. The predicted molar refractivity (Wildman–Crippen MR) is 82.3 cm³/mol. The first-order valence-corrected chi connectivity index (χ1v) is 7.27. The standard InChI is InChI=1S/C15H20N4O2/c1-3-7-16-11(4-2)8-15-13-9-12(19(20)21)5-6-14(13)17-10-18-15/h5-6,9-11,16H,3-4,7-8H2,1-2H3. The van der Waals surface area contributed by atoms with Gasteiger partial charge in [0.2, 0.25) is 0 Å². The molecule has 21 heavy (non-hydrogen) atoms. The normalized spacial score (nSPS) is 12.5. The molecule has 1 atom stereocenters. The van der Waals surface area contributed by atoms with Gasteiger partial charge < -0.3 is 5.32 Å². The number of nitrogens with one attached hydrogen (secondary N) is 1. The Labute approximate surface area is 123 Å². The first-order valence-electron chi connectivity index (χ1n) is 7.27. The predicted octanol–water partition coefficient (Wildman–Crippen LogP) is 2.86. The highest BCUT2D eigenvalue weighted by molar-refractivity contribution is 5.83. The molecule has 0 saturated carbocycles. The molecular weight excluding hydrogens is 268 g/mol. The second-order valence-corrected chi connectivity index (χ2v) is 5.04. The fourth-order valence-corrected chi connectivity index (χ4v) is 2.32. The monoisotopic (exact) mass is 288 g/mol. The van der Waals surface area contributed by atoms with Crippen LogP contribution in [0.3, 0.4) is 0 Å². The molecular formula is C15H20N4O2. The lowest BCUT2D eigenvalue weighted by molar-refractivity contribution is -0.384. The highest BCUT2D eigenvalue weighted by Crippen LogP contribution is 2.22. The van der Waals surface area contributed by atoms with E-state index in [0.717, 1.165) is 42.4 Å². The van der Waals surface area contributed by atoms with E-state index in [1.165, 1.54) is 12.4 Å². The summed E-state index contributed by atoms with van der Waals surface area (Å²) in [6.45, 7) is 5.21. The highest BCUT2D eigenvalue weighted by atomic mass is 16.6. The Morgan fingerprint density at radius 3 is 2.81 bits per heavy atom. The number of nitrogens with zero attached hydrogens (tertiary/aromatic N) is 3. The molecule has 6 heteroatoms. The Morgan fingerprint density at radius 1 is 1.33 bits per heavy atom. The van der Waals surface area contributed by atoms with Crippen LogP contribution >= 0.6 is 0 Å². The third-order valence-electron chi connectivity index (χ3n) is 3.53. The van der Waals surface area contributed by atoms with Crippen molar-refractivity contribution < 1.29 is 4.92 Å². The van der Waals surface area contributed by atoms with E-state index in [1.807, 2.05) is 0 Å². The number of aromatic nitrogens is 2. The fourth-order valence-electron chi connectivity index (χ4n) is 2.32. The molecule has 0 bridgehead atoms. The zero-order chi connectivity index (χ0) is 15.2. The van der Waals surface area contributed by atoms with Gasteiger partial charge in [0, 0.05) is 30.0 Å². The quantitative estimate of drug-likeness (QED) is 0.626. The zero-order valence-electron chi connectivity index (χ0n) is 12.4. The van der Waals surface area contributed by atoms with Crippen LogP contribution in [0.25, 0.3) is 10.9 Å². The summed E-state index contributed by atoms with van der Waals surface area (Å²) in [5.74, 6) is 0. The van der Waals surface area contributed by atoms with E-state index in [4.69, 9.17) is 0 Å². The summed E-state index contributed by atoms with van der Waals surface area (Å²) >= 11 is 0. The van der Waals surface area contributed by atoms with Crippen LogP contribution in [-0.4, -0.2) is 27.5 Å². The molecule has 1 unspecified atom stereocenters. The second-order valence-electron chi connectivity index (χ2n) is 5.04. The van der Waals surface area contributed by atoms with E-state index in [-0.39, 0.29) is 10.6 Å². The van der Waals surface area contributed by atoms with Gasteiger partial charge in [-0.1, -0.05) is 13.8 Å². The van der Waals surface area contributed by atoms with Gasteiger partial charge in [0.1, 0.15) is 6.33 Å². The molecule has 0 aliphatic heterocycles. The van der Waals surface area contributed by atoms with Gasteiger partial charge in [-0.2, -0.15) is 0 Å². The van der Waals surface area contributed by atoms with Gasteiger partial charge in [-0.25, -0.2) is 9.97 Å². The van der Waals surface area contributed by atoms with Crippen LogP contribution in [0.2, 0.25) is 0 Å². The number of hydrogen-bond acceptors (Lipinski definition) is 5. The highest BCUT2D eigenvalue weighted by Gasteiger charge is 2.13. The molecule has 0 saturated heterocycles. The number of benzene rings is 1. The third-order valence-corrected chi connectivity index (χ3v) is 3.53. The molecule has 0 fully saturated rings. The molecule has 2 rings (SSSR count). The van der Waals surface area contributed by atoms with E-state index in [2.05, 4.69) is 29.1 Å². The van der Waals surface area contributed by atoms with Crippen LogP contribution in [0.4, 0.5) is 5.69 Å². The van der Waals surface area contributed by atoms with Crippen LogP contribution in [-0.2, 0) is 6.42 Å².